The van der Waals surface area contributed by atoms with E-state index in [0.29, 0.717) is 40.0 Å². The fourth-order valence-electron chi connectivity index (χ4n) is 3.80. The van der Waals surface area contributed by atoms with Crippen LogP contribution in [-0.2, 0) is 6.54 Å². The predicted octanol–water partition coefficient (Wildman–Crippen LogP) is 2.72. The first-order valence-corrected chi connectivity index (χ1v) is 9.43. The van der Waals surface area contributed by atoms with Crippen molar-refractivity contribution in [2.24, 2.45) is 0 Å². The number of methoxy groups -OCH3 is 2. The zero-order valence-electron chi connectivity index (χ0n) is 16.7. The van der Waals surface area contributed by atoms with E-state index in [2.05, 4.69) is 20.3 Å². The second kappa shape index (κ2) is 6.80. The van der Waals surface area contributed by atoms with Gasteiger partial charge in [-0.3, -0.25) is 4.79 Å². The largest absolute Gasteiger partial charge is 0.493 e. The number of aromatic nitrogens is 6. The van der Waals surface area contributed by atoms with Crippen molar-refractivity contribution in [3.05, 3.63) is 52.9 Å². The highest BCUT2D eigenvalue weighted by atomic mass is 16.5. The molecule has 9 nitrogen and oxygen atoms in total. The number of hydrogen-bond donors (Lipinski definition) is 0. The molecule has 3 heterocycles. The Morgan fingerprint density at radius 2 is 1.87 bits per heavy atom. The van der Waals surface area contributed by atoms with Gasteiger partial charge in [0.2, 0.25) is 0 Å². The first-order valence-electron chi connectivity index (χ1n) is 9.43. The summed E-state index contributed by atoms with van der Waals surface area (Å²) >= 11 is 0. The fourth-order valence-corrected chi connectivity index (χ4v) is 3.80. The highest BCUT2D eigenvalue weighted by Crippen LogP contribution is 2.33. The molecule has 30 heavy (non-hydrogen) atoms. The van der Waals surface area contributed by atoms with Crippen LogP contribution in [-0.4, -0.2) is 43.7 Å². The topological polar surface area (TPSA) is 97.0 Å². The lowest BCUT2D eigenvalue weighted by molar-refractivity contribution is 0.358. The van der Waals surface area contributed by atoms with Crippen molar-refractivity contribution in [3.63, 3.8) is 0 Å². The first-order chi connectivity index (χ1) is 14.7. The summed E-state index contributed by atoms with van der Waals surface area (Å²) in [6, 6.07) is 11.4. The van der Waals surface area contributed by atoms with E-state index in [1.807, 2.05) is 35.8 Å². The summed E-state index contributed by atoms with van der Waals surface area (Å²) < 4.78 is 13.9. The predicted molar refractivity (Wildman–Crippen MR) is 113 cm³/mol. The Morgan fingerprint density at radius 1 is 1.03 bits per heavy atom. The normalized spacial score (nSPS) is 11.4. The van der Waals surface area contributed by atoms with Gasteiger partial charge >= 0.3 is 0 Å². The average molecular weight is 402 g/mol. The smallest absolute Gasteiger partial charge is 0.286 e. The SMILES string of the molecule is CCn1c2ccccc2c2nnc(-n3ncc4ccc(OC)c(OC)c4c3=O)nc21. The van der Waals surface area contributed by atoms with Crippen LogP contribution in [0.3, 0.4) is 0 Å². The summed E-state index contributed by atoms with van der Waals surface area (Å²) in [6.07, 6.45) is 1.57. The van der Waals surface area contributed by atoms with Crippen LogP contribution in [0.25, 0.3) is 38.8 Å². The number of ether oxygens (including phenoxy) is 2. The van der Waals surface area contributed by atoms with Gasteiger partial charge in [0.25, 0.3) is 11.5 Å². The molecule has 0 amide bonds. The van der Waals surface area contributed by atoms with E-state index < -0.39 is 5.56 Å². The Bertz CT molecular complexity index is 1490. The fraction of sp³-hybridized carbons (Fsp3) is 0.190. The minimum absolute atomic E-state index is 0.0942. The van der Waals surface area contributed by atoms with Crippen LogP contribution < -0.4 is 15.0 Å². The molecule has 0 spiro atoms. The molecule has 0 bridgehead atoms. The molecule has 2 aromatic carbocycles. The molecule has 0 atom stereocenters. The van der Waals surface area contributed by atoms with Crippen molar-refractivity contribution in [2.45, 2.75) is 13.5 Å². The number of aryl methyl sites for hydroxylation is 1. The van der Waals surface area contributed by atoms with Gasteiger partial charge in [-0.2, -0.15) is 14.8 Å². The summed E-state index contributed by atoms with van der Waals surface area (Å²) in [7, 11) is 3.01. The van der Waals surface area contributed by atoms with Gasteiger partial charge in [0.15, 0.2) is 17.1 Å². The van der Waals surface area contributed by atoms with Gasteiger partial charge in [0.1, 0.15) is 5.52 Å². The van der Waals surface area contributed by atoms with E-state index in [1.54, 1.807) is 18.3 Å². The van der Waals surface area contributed by atoms with E-state index in [0.717, 1.165) is 15.6 Å². The molecule has 0 radical (unpaired) electrons. The van der Waals surface area contributed by atoms with Gasteiger partial charge < -0.3 is 14.0 Å². The quantitative estimate of drug-likeness (QED) is 0.456. The standard InChI is InChI=1S/C21H18N6O3/c1-4-26-14-8-6-5-7-13(14)17-19(26)23-21(25-24-17)27-20(28)16-12(11-22-27)9-10-15(29-2)18(16)30-3/h5-11H,4H2,1-3H3. The summed E-state index contributed by atoms with van der Waals surface area (Å²) in [4.78, 5) is 17.9. The third kappa shape index (κ3) is 2.45. The lowest BCUT2D eigenvalue weighted by Gasteiger charge is -2.11. The van der Waals surface area contributed by atoms with Gasteiger partial charge in [0, 0.05) is 17.3 Å². The second-order valence-corrected chi connectivity index (χ2v) is 6.67. The molecule has 9 heteroatoms. The number of hydrogen-bond acceptors (Lipinski definition) is 7. The Morgan fingerprint density at radius 3 is 2.63 bits per heavy atom. The Kier molecular flexibility index (Phi) is 4.09. The Balaban J connectivity index is 1.81. The monoisotopic (exact) mass is 402 g/mol. The van der Waals surface area contributed by atoms with Gasteiger partial charge in [-0.1, -0.05) is 18.2 Å². The lowest BCUT2D eigenvalue weighted by atomic mass is 10.1. The Labute approximate surface area is 170 Å². The van der Waals surface area contributed by atoms with Crippen molar-refractivity contribution >= 4 is 32.8 Å². The van der Waals surface area contributed by atoms with Crippen molar-refractivity contribution in [1.29, 1.82) is 0 Å². The minimum Gasteiger partial charge on any atom is -0.493 e. The third-order valence-electron chi connectivity index (χ3n) is 5.16. The first kappa shape index (κ1) is 18.0. The highest BCUT2D eigenvalue weighted by molar-refractivity contribution is 6.04. The molecule has 0 aliphatic carbocycles. The summed E-state index contributed by atoms with van der Waals surface area (Å²) in [5.74, 6) is 0.894. The highest BCUT2D eigenvalue weighted by Gasteiger charge is 2.19. The van der Waals surface area contributed by atoms with E-state index in [-0.39, 0.29) is 5.95 Å². The van der Waals surface area contributed by atoms with E-state index in [4.69, 9.17) is 9.47 Å². The van der Waals surface area contributed by atoms with Gasteiger partial charge in [-0.25, -0.2) is 0 Å². The molecule has 0 saturated heterocycles. The maximum absolute atomic E-state index is 13.3. The molecular formula is C21H18N6O3. The molecule has 0 unspecified atom stereocenters. The van der Waals surface area contributed by atoms with Crippen LogP contribution in [0.2, 0.25) is 0 Å². The van der Waals surface area contributed by atoms with E-state index >= 15 is 0 Å². The zero-order valence-corrected chi connectivity index (χ0v) is 16.7. The number of rotatable bonds is 4. The van der Waals surface area contributed by atoms with Crippen LogP contribution in [0.15, 0.2) is 47.4 Å². The molecule has 5 aromatic rings. The zero-order chi connectivity index (χ0) is 20.8. The lowest BCUT2D eigenvalue weighted by Crippen LogP contribution is -2.24. The number of fused-ring (bicyclic) bond motifs is 4. The summed E-state index contributed by atoms with van der Waals surface area (Å²) in [5.41, 5.74) is 1.93. The van der Waals surface area contributed by atoms with Crippen molar-refractivity contribution in [3.8, 4) is 17.4 Å². The molecule has 150 valence electrons. The molecule has 0 aliphatic rings. The van der Waals surface area contributed by atoms with Crippen molar-refractivity contribution in [1.82, 2.24) is 29.5 Å². The number of nitrogens with zero attached hydrogens (tertiary/aromatic N) is 6. The minimum atomic E-state index is -0.413. The molecule has 3 aromatic heterocycles. The number of benzene rings is 2. The average Bonchev–Trinajstić information content (AvgIpc) is 3.11. The van der Waals surface area contributed by atoms with Crippen LogP contribution >= 0.6 is 0 Å². The Hall–Kier alpha value is -4.01. The summed E-state index contributed by atoms with van der Waals surface area (Å²) in [5, 5.41) is 14.7. The van der Waals surface area contributed by atoms with Crippen molar-refractivity contribution in [2.75, 3.05) is 14.2 Å². The van der Waals surface area contributed by atoms with Crippen molar-refractivity contribution < 1.29 is 9.47 Å². The second-order valence-electron chi connectivity index (χ2n) is 6.67. The van der Waals surface area contributed by atoms with Gasteiger partial charge in [-0.15, -0.1) is 10.2 Å². The molecule has 5 rings (SSSR count). The van der Waals surface area contributed by atoms with Crippen LogP contribution in [0.1, 0.15) is 6.92 Å². The summed E-state index contributed by atoms with van der Waals surface area (Å²) in [6.45, 7) is 2.73. The van der Waals surface area contributed by atoms with E-state index in [1.165, 1.54) is 14.2 Å². The molecule has 0 fully saturated rings. The molecule has 0 N–H and O–H groups in total. The van der Waals surface area contributed by atoms with Gasteiger partial charge in [-0.05, 0) is 25.1 Å². The maximum atomic E-state index is 13.3. The number of para-hydroxylation sites is 1. The molecule has 0 aliphatic heterocycles. The van der Waals surface area contributed by atoms with Crippen LogP contribution in [0, 0.1) is 0 Å². The molecule has 0 saturated carbocycles. The van der Waals surface area contributed by atoms with Gasteiger partial charge in [0.05, 0.1) is 31.3 Å². The van der Waals surface area contributed by atoms with Crippen LogP contribution in [0.5, 0.6) is 11.5 Å². The molecular weight excluding hydrogens is 384 g/mol. The van der Waals surface area contributed by atoms with Crippen LogP contribution in [0.4, 0.5) is 0 Å². The third-order valence-corrected chi connectivity index (χ3v) is 5.16. The maximum Gasteiger partial charge on any atom is 0.286 e. The van der Waals surface area contributed by atoms with E-state index in [9.17, 15) is 4.79 Å².